The third kappa shape index (κ3) is 3.50. The number of anilines is 1. The maximum absolute atomic E-state index is 14.1. The second-order valence-corrected chi connectivity index (χ2v) is 6.64. The lowest BCUT2D eigenvalue weighted by Crippen LogP contribution is -2.53. The average Bonchev–Trinajstić information content (AvgIpc) is 2.99. The first kappa shape index (κ1) is 18.2. The van der Waals surface area contributed by atoms with Crippen molar-refractivity contribution in [3.05, 3.63) is 52.2 Å². The summed E-state index contributed by atoms with van der Waals surface area (Å²) < 4.78 is 52.7. The quantitative estimate of drug-likeness (QED) is 0.795. The lowest BCUT2D eigenvalue weighted by atomic mass is 10.0. The number of halogens is 4. The maximum Gasteiger partial charge on any atom is 0.416 e. The van der Waals surface area contributed by atoms with Gasteiger partial charge in [-0.3, -0.25) is 9.69 Å². The number of carbonyl (C=O) groups excluding carboxylic acids is 2. The molecule has 0 bridgehead atoms. The minimum atomic E-state index is -4.63. The highest BCUT2D eigenvalue weighted by Crippen LogP contribution is 2.36. The van der Waals surface area contributed by atoms with Crippen LogP contribution in [0, 0.1) is 5.82 Å². The van der Waals surface area contributed by atoms with Gasteiger partial charge in [-0.05, 0) is 35.2 Å². The van der Waals surface area contributed by atoms with Gasteiger partial charge in [-0.2, -0.15) is 13.2 Å². The summed E-state index contributed by atoms with van der Waals surface area (Å²) in [5.74, 6) is -1.41. The number of alkyl halides is 3. The van der Waals surface area contributed by atoms with Crippen molar-refractivity contribution in [1.29, 1.82) is 0 Å². The molecule has 0 saturated carbocycles. The molecule has 0 aliphatic carbocycles. The molecule has 1 aromatic carbocycles. The fourth-order valence-corrected chi connectivity index (χ4v) is 3.74. The van der Waals surface area contributed by atoms with Crippen LogP contribution in [0.25, 0.3) is 0 Å². The van der Waals surface area contributed by atoms with E-state index in [1.807, 2.05) is 0 Å². The largest absolute Gasteiger partial charge is 0.416 e. The molecule has 0 saturated heterocycles. The molecule has 3 N–H and O–H groups in total. The highest BCUT2D eigenvalue weighted by Gasteiger charge is 2.36. The second kappa shape index (κ2) is 6.60. The molecule has 1 aromatic heterocycles. The number of amides is 3. The van der Waals surface area contributed by atoms with Crippen molar-refractivity contribution in [2.45, 2.75) is 25.2 Å². The number of nitrogens with zero attached hydrogens (tertiary/aromatic N) is 1. The van der Waals surface area contributed by atoms with Crippen LogP contribution in [0.5, 0.6) is 0 Å². The van der Waals surface area contributed by atoms with Crippen LogP contribution in [0.2, 0.25) is 0 Å². The molecule has 0 fully saturated rings. The van der Waals surface area contributed by atoms with Crippen LogP contribution in [-0.4, -0.2) is 18.0 Å². The minimum Gasteiger partial charge on any atom is -0.352 e. The second-order valence-electron chi connectivity index (χ2n) is 5.74. The van der Waals surface area contributed by atoms with Gasteiger partial charge >= 0.3 is 12.2 Å². The SMILES string of the molecule is NC(=O)N[C@@H]1Cc2ccsc2N(Cc2cc(C(F)(F)F)ccc2F)C1=O. The summed E-state index contributed by atoms with van der Waals surface area (Å²) in [7, 11) is 0. The van der Waals surface area contributed by atoms with Crippen molar-refractivity contribution in [2.24, 2.45) is 5.73 Å². The summed E-state index contributed by atoms with van der Waals surface area (Å²) in [5.41, 5.74) is 4.52. The van der Waals surface area contributed by atoms with Gasteiger partial charge in [0.1, 0.15) is 16.9 Å². The average molecular weight is 387 g/mol. The molecular formula is C16H13F4N3O2S. The van der Waals surface area contributed by atoms with E-state index in [0.29, 0.717) is 17.1 Å². The van der Waals surface area contributed by atoms with Crippen molar-refractivity contribution in [3.63, 3.8) is 0 Å². The number of hydrogen-bond acceptors (Lipinski definition) is 3. The summed E-state index contributed by atoms with van der Waals surface area (Å²) in [6, 6.07) is 1.93. The first-order valence-electron chi connectivity index (χ1n) is 7.46. The Hall–Kier alpha value is -2.62. The lowest BCUT2D eigenvalue weighted by Gasteiger charge is -2.32. The summed E-state index contributed by atoms with van der Waals surface area (Å²) in [6.07, 6.45) is -4.42. The third-order valence-corrected chi connectivity index (χ3v) is 4.95. The molecule has 1 aliphatic heterocycles. The van der Waals surface area contributed by atoms with E-state index in [-0.39, 0.29) is 18.5 Å². The summed E-state index contributed by atoms with van der Waals surface area (Å²) in [5, 5.41) is 4.52. The van der Waals surface area contributed by atoms with E-state index in [4.69, 9.17) is 5.73 Å². The zero-order valence-corrected chi connectivity index (χ0v) is 14.0. The normalized spacial score (nSPS) is 17.2. The zero-order chi connectivity index (χ0) is 19.1. The van der Waals surface area contributed by atoms with E-state index in [1.165, 1.54) is 16.2 Å². The smallest absolute Gasteiger partial charge is 0.352 e. The maximum atomic E-state index is 14.1. The third-order valence-electron chi connectivity index (χ3n) is 3.97. The fraction of sp³-hybridized carbons (Fsp3) is 0.250. The number of fused-ring (bicyclic) bond motifs is 1. The van der Waals surface area contributed by atoms with Crippen molar-refractivity contribution in [1.82, 2.24) is 5.32 Å². The number of hydrogen-bond donors (Lipinski definition) is 2. The Morgan fingerprint density at radius 2 is 2.08 bits per heavy atom. The van der Waals surface area contributed by atoms with Gasteiger partial charge in [-0.15, -0.1) is 11.3 Å². The van der Waals surface area contributed by atoms with Crippen LogP contribution < -0.4 is 16.0 Å². The number of thiophene rings is 1. The Bertz CT molecular complexity index is 865. The summed E-state index contributed by atoms with van der Waals surface area (Å²) >= 11 is 1.21. The molecule has 2 aromatic rings. The van der Waals surface area contributed by atoms with E-state index < -0.39 is 35.5 Å². The molecule has 26 heavy (non-hydrogen) atoms. The van der Waals surface area contributed by atoms with Crippen molar-refractivity contribution >= 4 is 28.3 Å². The molecule has 0 radical (unpaired) electrons. The molecule has 3 rings (SSSR count). The van der Waals surface area contributed by atoms with E-state index in [0.717, 1.165) is 11.6 Å². The van der Waals surface area contributed by atoms with Gasteiger partial charge in [0.2, 0.25) is 0 Å². The predicted molar refractivity (Wildman–Crippen MR) is 87.1 cm³/mol. The van der Waals surface area contributed by atoms with Crippen LogP contribution in [0.15, 0.2) is 29.6 Å². The number of urea groups is 1. The number of rotatable bonds is 3. The Balaban J connectivity index is 1.96. The van der Waals surface area contributed by atoms with Gasteiger partial charge in [-0.25, -0.2) is 9.18 Å². The van der Waals surface area contributed by atoms with E-state index in [2.05, 4.69) is 5.32 Å². The first-order chi connectivity index (χ1) is 12.2. The highest BCUT2D eigenvalue weighted by molar-refractivity contribution is 7.14. The molecule has 1 atom stereocenters. The van der Waals surface area contributed by atoms with Crippen molar-refractivity contribution in [3.8, 4) is 0 Å². The van der Waals surface area contributed by atoms with Gasteiger partial charge in [0.25, 0.3) is 5.91 Å². The van der Waals surface area contributed by atoms with Gasteiger partial charge < -0.3 is 11.1 Å². The minimum absolute atomic E-state index is 0.210. The van der Waals surface area contributed by atoms with Gasteiger partial charge in [0.15, 0.2) is 0 Å². The van der Waals surface area contributed by atoms with Gasteiger partial charge in [0.05, 0.1) is 12.1 Å². The van der Waals surface area contributed by atoms with E-state index >= 15 is 0 Å². The fourth-order valence-electron chi connectivity index (χ4n) is 2.79. The first-order valence-corrected chi connectivity index (χ1v) is 8.34. The molecule has 3 amide bonds. The highest BCUT2D eigenvalue weighted by atomic mass is 32.1. The van der Waals surface area contributed by atoms with E-state index in [1.54, 1.807) is 11.4 Å². The predicted octanol–water partition coefficient (Wildman–Crippen LogP) is 3.03. The van der Waals surface area contributed by atoms with Gasteiger partial charge in [0, 0.05) is 12.0 Å². The molecular weight excluding hydrogens is 374 g/mol. The van der Waals surface area contributed by atoms with Gasteiger partial charge in [-0.1, -0.05) is 0 Å². The molecule has 10 heteroatoms. The monoisotopic (exact) mass is 387 g/mol. The molecule has 1 aliphatic rings. The zero-order valence-electron chi connectivity index (χ0n) is 13.1. The van der Waals surface area contributed by atoms with Crippen molar-refractivity contribution in [2.75, 3.05) is 4.90 Å². The number of primary amides is 1. The van der Waals surface area contributed by atoms with Crippen LogP contribution in [-0.2, 0) is 23.9 Å². The topological polar surface area (TPSA) is 75.4 Å². The number of carbonyl (C=O) groups is 2. The molecule has 2 heterocycles. The Morgan fingerprint density at radius 1 is 1.35 bits per heavy atom. The Labute approximate surface area is 149 Å². The van der Waals surface area contributed by atoms with Crippen LogP contribution >= 0.6 is 11.3 Å². The standard InChI is InChI=1S/C16H13F4N3O2S/c17-11-2-1-10(16(18,19)20)5-9(11)7-23-13(24)12(22-15(21)25)6-8-3-4-26-14(8)23/h1-5,12H,6-7H2,(H3,21,22,25)/t12-/m1/s1. The van der Waals surface area contributed by atoms with E-state index in [9.17, 15) is 27.2 Å². The molecule has 0 unspecified atom stereocenters. The lowest BCUT2D eigenvalue weighted by molar-refractivity contribution is -0.137. The number of nitrogens with two attached hydrogens (primary N) is 1. The molecule has 138 valence electrons. The number of nitrogens with one attached hydrogen (secondary N) is 1. The van der Waals surface area contributed by atoms with Crippen LogP contribution in [0.4, 0.5) is 27.4 Å². The number of benzene rings is 1. The Kier molecular flexibility index (Phi) is 4.61. The summed E-state index contributed by atoms with van der Waals surface area (Å²) in [4.78, 5) is 24.9. The Morgan fingerprint density at radius 3 is 2.73 bits per heavy atom. The molecule has 0 spiro atoms. The molecule has 5 nitrogen and oxygen atoms in total. The summed E-state index contributed by atoms with van der Waals surface area (Å²) in [6.45, 7) is -0.390. The van der Waals surface area contributed by atoms with Crippen LogP contribution in [0.3, 0.4) is 0 Å². The van der Waals surface area contributed by atoms with Crippen LogP contribution in [0.1, 0.15) is 16.7 Å². The van der Waals surface area contributed by atoms with Crippen molar-refractivity contribution < 1.29 is 27.2 Å².